The van der Waals surface area contributed by atoms with Gasteiger partial charge < -0.3 is 24.8 Å². The third kappa shape index (κ3) is 3.81. The number of anilines is 3. The Kier molecular flexibility index (Phi) is 5.06. The summed E-state index contributed by atoms with van der Waals surface area (Å²) in [5.74, 6) is 2.06. The zero-order valence-electron chi connectivity index (χ0n) is 19.3. The molecule has 3 heterocycles. The number of para-hydroxylation sites is 1. The quantitative estimate of drug-likeness (QED) is 0.474. The molecule has 2 aliphatic rings. The SMILES string of the molecule is Cc1cccc2cnc(Nc3cc(NC(=O)N4CCOCC4)c4nc(C5CC5)n(C)c4c3)nc12. The van der Waals surface area contributed by atoms with E-state index in [-0.39, 0.29) is 6.03 Å². The molecule has 2 aromatic heterocycles. The number of imidazole rings is 1. The third-order valence-corrected chi connectivity index (χ3v) is 6.57. The Morgan fingerprint density at radius 2 is 1.94 bits per heavy atom. The van der Waals surface area contributed by atoms with Gasteiger partial charge in [0.25, 0.3) is 0 Å². The fourth-order valence-electron chi connectivity index (χ4n) is 4.53. The number of hydrogen-bond acceptors (Lipinski definition) is 6. The van der Waals surface area contributed by atoms with Crippen LogP contribution in [0.25, 0.3) is 21.9 Å². The molecule has 1 aliphatic heterocycles. The number of nitrogens with zero attached hydrogens (tertiary/aromatic N) is 5. The van der Waals surface area contributed by atoms with Gasteiger partial charge in [-0.15, -0.1) is 0 Å². The summed E-state index contributed by atoms with van der Waals surface area (Å²) < 4.78 is 7.52. The number of aryl methyl sites for hydroxylation is 2. The maximum Gasteiger partial charge on any atom is 0.322 e. The van der Waals surface area contributed by atoms with Gasteiger partial charge in [-0.2, -0.15) is 0 Å². The molecule has 2 N–H and O–H groups in total. The molecular formula is C25H27N7O2. The Balaban J connectivity index is 1.38. The number of morpholine rings is 1. The van der Waals surface area contributed by atoms with E-state index in [0.29, 0.717) is 43.9 Å². The van der Waals surface area contributed by atoms with Crippen LogP contribution in [0.3, 0.4) is 0 Å². The highest BCUT2D eigenvalue weighted by molar-refractivity contribution is 6.01. The highest BCUT2D eigenvalue weighted by atomic mass is 16.5. The predicted molar refractivity (Wildman–Crippen MR) is 132 cm³/mol. The van der Waals surface area contributed by atoms with Gasteiger partial charge in [-0.05, 0) is 37.5 Å². The lowest BCUT2D eigenvalue weighted by Crippen LogP contribution is -2.43. The van der Waals surface area contributed by atoms with E-state index in [1.54, 1.807) is 4.90 Å². The van der Waals surface area contributed by atoms with Gasteiger partial charge in [-0.25, -0.2) is 19.7 Å². The Labute approximate surface area is 197 Å². The Morgan fingerprint density at radius 3 is 2.74 bits per heavy atom. The number of rotatable bonds is 4. The normalized spacial score (nSPS) is 16.2. The molecule has 1 aliphatic carbocycles. The third-order valence-electron chi connectivity index (χ3n) is 6.57. The maximum atomic E-state index is 13.0. The zero-order valence-corrected chi connectivity index (χ0v) is 19.3. The summed E-state index contributed by atoms with van der Waals surface area (Å²) in [4.78, 5) is 28.9. The van der Waals surface area contributed by atoms with Crippen LogP contribution in [0.4, 0.5) is 22.1 Å². The highest BCUT2D eigenvalue weighted by Crippen LogP contribution is 2.41. The number of carbonyl (C=O) groups is 1. The van der Waals surface area contributed by atoms with Crippen LogP contribution in [0, 0.1) is 6.92 Å². The van der Waals surface area contributed by atoms with Gasteiger partial charge in [-0.1, -0.05) is 18.2 Å². The van der Waals surface area contributed by atoms with Crippen molar-refractivity contribution in [3.05, 3.63) is 47.9 Å². The second-order valence-electron chi connectivity index (χ2n) is 9.06. The van der Waals surface area contributed by atoms with Crippen molar-refractivity contribution in [1.82, 2.24) is 24.4 Å². The molecule has 1 saturated heterocycles. The highest BCUT2D eigenvalue weighted by Gasteiger charge is 2.30. The summed E-state index contributed by atoms with van der Waals surface area (Å²) in [6.45, 7) is 4.30. The zero-order chi connectivity index (χ0) is 23.2. The Bertz CT molecular complexity index is 1400. The maximum absolute atomic E-state index is 13.0. The van der Waals surface area contributed by atoms with E-state index in [2.05, 4.69) is 20.2 Å². The van der Waals surface area contributed by atoms with Gasteiger partial charge in [0.05, 0.1) is 29.9 Å². The molecule has 4 aromatic rings. The van der Waals surface area contributed by atoms with E-state index in [1.165, 1.54) is 0 Å². The van der Waals surface area contributed by atoms with Crippen molar-refractivity contribution in [2.45, 2.75) is 25.7 Å². The topological polar surface area (TPSA) is 97.2 Å². The number of ether oxygens (including phenoxy) is 1. The molecule has 1 saturated carbocycles. The summed E-state index contributed by atoms with van der Waals surface area (Å²) in [5.41, 5.74) is 5.24. The molecule has 174 valence electrons. The summed E-state index contributed by atoms with van der Waals surface area (Å²) in [6, 6.07) is 9.87. The summed E-state index contributed by atoms with van der Waals surface area (Å²) in [7, 11) is 2.04. The fourth-order valence-corrected chi connectivity index (χ4v) is 4.53. The molecule has 9 heteroatoms. The number of amides is 2. The minimum absolute atomic E-state index is 0.141. The number of carbonyl (C=O) groups excluding carboxylic acids is 1. The summed E-state index contributed by atoms with van der Waals surface area (Å²) >= 11 is 0. The molecule has 2 aromatic carbocycles. The first kappa shape index (κ1) is 20.9. The number of fused-ring (bicyclic) bond motifs is 2. The van der Waals surface area contributed by atoms with Gasteiger partial charge in [0.1, 0.15) is 11.3 Å². The molecule has 0 unspecified atom stereocenters. The van der Waals surface area contributed by atoms with E-state index in [4.69, 9.17) is 14.7 Å². The van der Waals surface area contributed by atoms with Crippen LogP contribution in [0.2, 0.25) is 0 Å². The molecule has 0 spiro atoms. The van der Waals surface area contributed by atoms with Crippen LogP contribution in [-0.2, 0) is 11.8 Å². The standard InChI is InChI=1S/C25H27N7O2/c1-15-4-3-5-17-14-26-24(30-21(15)17)27-18-12-19(28-25(33)32-8-10-34-11-9-32)22-20(13-18)31(2)23(29-22)16-6-7-16/h3-5,12-14,16H,6-11H2,1-2H3,(H,28,33)(H,26,27,30). The molecule has 34 heavy (non-hydrogen) atoms. The van der Waals surface area contributed by atoms with E-state index >= 15 is 0 Å². The number of hydrogen-bond donors (Lipinski definition) is 2. The van der Waals surface area contributed by atoms with Crippen LogP contribution in [0.5, 0.6) is 0 Å². The lowest BCUT2D eigenvalue weighted by molar-refractivity contribution is 0.0565. The summed E-state index contributed by atoms with van der Waals surface area (Å²) in [5, 5.41) is 7.44. The number of nitrogens with one attached hydrogen (secondary N) is 2. The molecule has 0 bridgehead atoms. The number of aromatic nitrogens is 4. The Hall–Kier alpha value is -3.72. The molecular weight excluding hydrogens is 430 g/mol. The van der Waals surface area contributed by atoms with Crippen LogP contribution in [-0.4, -0.2) is 56.8 Å². The number of benzene rings is 2. The second kappa shape index (κ2) is 8.25. The molecule has 2 fully saturated rings. The molecule has 0 radical (unpaired) electrons. The van der Waals surface area contributed by atoms with Crippen molar-refractivity contribution in [2.24, 2.45) is 7.05 Å². The smallest absolute Gasteiger partial charge is 0.322 e. The first-order valence-corrected chi connectivity index (χ1v) is 11.7. The number of urea groups is 1. The van der Waals surface area contributed by atoms with E-state index in [0.717, 1.165) is 51.9 Å². The summed E-state index contributed by atoms with van der Waals surface area (Å²) in [6.07, 6.45) is 4.14. The van der Waals surface area contributed by atoms with Crippen molar-refractivity contribution < 1.29 is 9.53 Å². The average Bonchev–Trinajstić information content (AvgIpc) is 3.64. The van der Waals surface area contributed by atoms with Crippen LogP contribution < -0.4 is 10.6 Å². The van der Waals surface area contributed by atoms with E-state index in [9.17, 15) is 4.79 Å². The fraction of sp³-hybridized carbons (Fsp3) is 0.360. The van der Waals surface area contributed by atoms with Crippen LogP contribution in [0.15, 0.2) is 36.5 Å². The first-order chi connectivity index (χ1) is 16.6. The van der Waals surface area contributed by atoms with Crippen molar-refractivity contribution >= 4 is 45.3 Å². The van der Waals surface area contributed by atoms with Gasteiger partial charge in [0.15, 0.2) is 0 Å². The Morgan fingerprint density at radius 1 is 1.12 bits per heavy atom. The monoisotopic (exact) mass is 457 g/mol. The van der Waals surface area contributed by atoms with E-state index < -0.39 is 0 Å². The van der Waals surface area contributed by atoms with E-state index in [1.807, 2.05) is 50.5 Å². The van der Waals surface area contributed by atoms with Gasteiger partial charge >= 0.3 is 6.03 Å². The van der Waals surface area contributed by atoms with Crippen LogP contribution >= 0.6 is 0 Å². The minimum Gasteiger partial charge on any atom is -0.378 e. The van der Waals surface area contributed by atoms with Crippen LogP contribution in [0.1, 0.15) is 30.1 Å². The molecule has 9 nitrogen and oxygen atoms in total. The van der Waals surface area contributed by atoms with Crippen molar-refractivity contribution in [1.29, 1.82) is 0 Å². The van der Waals surface area contributed by atoms with Gasteiger partial charge in [0.2, 0.25) is 5.95 Å². The predicted octanol–water partition coefficient (Wildman–Crippen LogP) is 4.31. The lowest BCUT2D eigenvalue weighted by Gasteiger charge is -2.27. The minimum atomic E-state index is -0.141. The van der Waals surface area contributed by atoms with Gasteiger partial charge in [0, 0.05) is 43.3 Å². The molecule has 0 atom stereocenters. The van der Waals surface area contributed by atoms with Crippen molar-refractivity contribution in [3.63, 3.8) is 0 Å². The largest absolute Gasteiger partial charge is 0.378 e. The van der Waals surface area contributed by atoms with Crippen molar-refractivity contribution in [3.8, 4) is 0 Å². The molecule has 6 rings (SSSR count). The van der Waals surface area contributed by atoms with Gasteiger partial charge in [-0.3, -0.25) is 0 Å². The van der Waals surface area contributed by atoms with Crippen molar-refractivity contribution in [2.75, 3.05) is 36.9 Å². The second-order valence-corrected chi connectivity index (χ2v) is 9.06. The molecule has 2 amide bonds. The lowest BCUT2D eigenvalue weighted by atomic mass is 10.1. The average molecular weight is 458 g/mol. The first-order valence-electron chi connectivity index (χ1n) is 11.7.